The van der Waals surface area contributed by atoms with E-state index in [1.807, 2.05) is 18.2 Å². The maximum atomic E-state index is 9.39. The summed E-state index contributed by atoms with van der Waals surface area (Å²) in [6.45, 7) is 1.66. The monoisotopic (exact) mass is 295 g/mol. The molecule has 0 aliphatic carbocycles. The fourth-order valence-electron chi connectivity index (χ4n) is 1.23. The lowest BCUT2D eigenvalue weighted by atomic mass is 10.0. The smallest absolute Gasteiger partial charge is 0.123 e. The summed E-state index contributed by atoms with van der Waals surface area (Å²) in [5, 5.41) is 9.39. The number of ether oxygens (including phenoxy) is 1. The van der Waals surface area contributed by atoms with E-state index >= 15 is 0 Å². The number of halogens is 2. The van der Waals surface area contributed by atoms with E-state index in [9.17, 15) is 5.11 Å². The molecule has 5 heteroatoms. The van der Waals surface area contributed by atoms with Crippen LogP contribution >= 0.6 is 28.3 Å². The molecule has 1 rings (SSSR count). The van der Waals surface area contributed by atoms with Crippen LogP contribution in [0.3, 0.4) is 0 Å². The summed E-state index contributed by atoms with van der Waals surface area (Å²) in [5.74, 6) is 0.696. The van der Waals surface area contributed by atoms with Crippen LogP contribution in [-0.4, -0.2) is 18.3 Å². The Morgan fingerprint density at radius 3 is 2.53 bits per heavy atom. The highest BCUT2D eigenvalue weighted by Gasteiger charge is 2.16. The molecule has 0 aliphatic rings. The number of hydrogen-bond donors (Lipinski definition) is 2. The minimum Gasteiger partial charge on any atom is -0.496 e. The molecule has 0 radical (unpaired) electrons. The third-order valence-corrected chi connectivity index (χ3v) is 2.56. The molecule has 2 atom stereocenters. The zero-order valence-electron chi connectivity index (χ0n) is 8.61. The zero-order chi connectivity index (χ0) is 10.7. The van der Waals surface area contributed by atoms with Crippen LogP contribution in [0.2, 0.25) is 0 Å². The number of aliphatic hydroxyl groups is 1. The first-order chi connectivity index (χ1) is 6.56. The molecule has 0 spiro atoms. The second-order valence-corrected chi connectivity index (χ2v) is 4.07. The van der Waals surface area contributed by atoms with Crippen LogP contribution in [0.25, 0.3) is 0 Å². The van der Waals surface area contributed by atoms with E-state index in [0.717, 1.165) is 10.0 Å². The quantitative estimate of drug-likeness (QED) is 0.899. The first-order valence-corrected chi connectivity index (χ1v) is 5.12. The van der Waals surface area contributed by atoms with Gasteiger partial charge < -0.3 is 15.6 Å². The third kappa shape index (κ3) is 3.65. The average Bonchev–Trinajstić information content (AvgIpc) is 2.16. The van der Waals surface area contributed by atoms with Gasteiger partial charge in [-0.25, -0.2) is 0 Å². The van der Waals surface area contributed by atoms with Crippen molar-refractivity contribution in [1.29, 1.82) is 0 Å². The van der Waals surface area contributed by atoms with Crippen LogP contribution < -0.4 is 10.5 Å². The minimum atomic E-state index is -0.599. The SMILES string of the molecule is COc1ccc(Br)cc1[C@@H](N)[C@H](C)O.Cl. The predicted molar refractivity (Wildman–Crippen MR) is 66.6 cm³/mol. The maximum absolute atomic E-state index is 9.39. The van der Waals surface area contributed by atoms with E-state index in [1.165, 1.54) is 0 Å². The van der Waals surface area contributed by atoms with Crippen LogP contribution in [0.5, 0.6) is 5.75 Å². The molecule has 3 nitrogen and oxygen atoms in total. The van der Waals surface area contributed by atoms with Gasteiger partial charge in [0, 0.05) is 10.0 Å². The topological polar surface area (TPSA) is 55.5 Å². The second-order valence-electron chi connectivity index (χ2n) is 3.15. The summed E-state index contributed by atoms with van der Waals surface area (Å²) < 4.78 is 6.08. The molecule has 0 fully saturated rings. The lowest BCUT2D eigenvalue weighted by Gasteiger charge is -2.18. The second kappa shape index (κ2) is 6.33. The van der Waals surface area contributed by atoms with Gasteiger partial charge in [-0.15, -0.1) is 12.4 Å². The molecule has 0 aromatic heterocycles. The van der Waals surface area contributed by atoms with E-state index < -0.39 is 12.1 Å². The van der Waals surface area contributed by atoms with Crippen molar-refractivity contribution in [2.45, 2.75) is 19.1 Å². The molecule has 0 saturated heterocycles. The molecule has 0 bridgehead atoms. The summed E-state index contributed by atoms with van der Waals surface area (Å²) in [4.78, 5) is 0. The third-order valence-electron chi connectivity index (χ3n) is 2.07. The van der Waals surface area contributed by atoms with E-state index in [0.29, 0.717) is 5.75 Å². The minimum absolute atomic E-state index is 0. The Morgan fingerprint density at radius 2 is 2.07 bits per heavy atom. The molecule has 1 aromatic carbocycles. The Hall–Kier alpha value is -0.290. The van der Waals surface area contributed by atoms with Gasteiger partial charge in [0.25, 0.3) is 0 Å². The molecular formula is C10H15BrClNO2. The molecule has 0 heterocycles. The maximum Gasteiger partial charge on any atom is 0.123 e. The standard InChI is InChI=1S/C10H14BrNO2.ClH/c1-6(13)10(12)8-5-7(11)3-4-9(8)14-2;/h3-6,10,13H,12H2,1-2H3;1H/t6-,10-;/m0./s1. The van der Waals surface area contributed by atoms with Crippen molar-refractivity contribution in [1.82, 2.24) is 0 Å². The first-order valence-electron chi connectivity index (χ1n) is 4.33. The molecule has 0 aliphatic heterocycles. The summed E-state index contributed by atoms with van der Waals surface area (Å²) >= 11 is 3.35. The van der Waals surface area contributed by atoms with Crippen LogP contribution in [0.4, 0.5) is 0 Å². The number of aliphatic hydroxyl groups excluding tert-OH is 1. The van der Waals surface area contributed by atoms with Crippen molar-refractivity contribution < 1.29 is 9.84 Å². The van der Waals surface area contributed by atoms with Crippen LogP contribution in [0.1, 0.15) is 18.5 Å². The Labute approximate surface area is 104 Å². The normalized spacial score (nSPS) is 13.9. The van der Waals surface area contributed by atoms with E-state index in [4.69, 9.17) is 10.5 Å². The van der Waals surface area contributed by atoms with Gasteiger partial charge in [-0.3, -0.25) is 0 Å². The van der Waals surface area contributed by atoms with Crippen molar-refractivity contribution in [2.24, 2.45) is 5.73 Å². The lowest BCUT2D eigenvalue weighted by molar-refractivity contribution is 0.162. The Bertz CT molecular complexity index is 320. The van der Waals surface area contributed by atoms with E-state index in [1.54, 1.807) is 14.0 Å². The molecule has 86 valence electrons. The zero-order valence-corrected chi connectivity index (χ0v) is 11.0. The Balaban J connectivity index is 0.00000196. The number of methoxy groups -OCH3 is 1. The molecule has 0 unspecified atom stereocenters. The van der Waals surface area contributed by atoms with Crippen LogP contribution in [0, 0.1) is 0 Å². The largest absolute Gasteiger partial charge is 0.496 e. The van der Waals surface area contributed by atoms with E-state index in [-0.39, 0.29) is 12.4 Å². The van der Waals surface area contributed by atoms with Crippen molar-refractivity contribution in [3.05, 3.63) is 28.2 Å². The van der Waals surface area contributed by atoms with Gasteiger partial charge in [-0.2, -0.15) is 0 Å². The van der Waals surface area contributed by atoms with Gasteiger partial charge in [-0.05, 0) is 25.1 Å². The fraction of sp³-hybridized carbons (Fsp3) is 0.400. The number of rotatable bonds is 3. The van der Waals surface area contributed by atoms with E-state index in [2.05, 4.69) is 15.9 Å². The van der Waals surface area contributed by atoms with Gasteiger partial charge >= 0.3 is 0 Å². The Kier molecular flexibility index (Phi) is 6.20. The summed E-state index contributed by atoms with van der Waals surface area (Å²) in [7, 11) is 1.58. The van der Waals surface area contributed by atoms with Gasteiger partial charge in [0.2, 0.25) is 0 Å². The fourth-order valence-corrected chi connectivity index (χ4v) is 1.60. The molecule has 15 heavy (non-hydrogen) atoms. The number of nitrogens with two attached hydrogens (primary N) is 1. The highest BCUT2D eigenvalue weighted by Crippen LogP contribution is 2.28. The summed E-state index contributed by atoms with van der Waals surface area (Å²) in [6, 6.07) is 5.12. The van der Waals surface area contributed by atoms with Gasteiger partial charge in [0.1, 0.15) is 5.75 Å². The average molecular weight is 297 g/mol. The predicted octanol–water partition coefficient (Wildman–Crippen LogP) is 2.26. The molecule has 0 saturated carbocycles. The molecule has 3 N–H and O–H groups in total. The number of benzene rings is 1. The summed E-state index contributed by atoms with van der Waals surface area (Å²) in [6.07, 6.45) is -0.599. The van der Waals surface area contributed by atoms with Gasteiger partial charge in [0.15, 0.2) is 0 Å². The molecular weight excluding hydrogens is 281 g/mol. The summed E-state index contributed by atoms with van der Waals surface area (Å²) in [5.41, 5.74) is 6.63. The van der Waals surface area contributed by atoms with Crippen molar-refractivity contribution in [3.8, 4) is 5.75 Å². The molecule has 1 aromatic rings. The van der Waals surface area contributed by atoms with Crippen molar-refractivity contribution in [2.75, 3.05) is 7.11 Å². The molecule has 0 amide bonds. The number of hydrogen-bond acceptors (Lipinski definition) is 3. The van der Waals surface area contributed by atoms with Gasteiger partial charge in [0.05, 0.1) is 19.3 Å². The highest BCUT2D eigenvalue weighted by atomic mass is 79.9. The van der Waals surface area contributed by atoms with Crippen LogP contribution in [0.15, 0.2) is 22.7 Å². The van der Waals surface area contributed by atoms with Gasteiger partial charge in [-0.1, -0.05) is 15.9 Å². The highest BCUT2D eigenvalue weighted by molar-refractivity contribution is 9.10. The first kappa shape index (κ1) is 14.7. The lowest BCUT2D eigenvalue weighted by Crippen LogP contribution is -2.23. The van der Waals surface area contributed by atoms with Crippen molar-refractivity contribution >= 4 is 28.3 Å². The van der Waals surface area contributed by atoms with Crippen LogP contribution in [-0.2, 0) is 0 Å². The Morgan fingerprint density at radius 1 is 1.47 bits per heavy atom. The van der Waals surface area contributed by atoms with Crippen molar-refractivity contribution in [3.63, 3.8) is 0 Å².